The van der Waals surface area contributed by atoms with Crippen molar-refractivity contribution in [3.05, 3.63) is 93.5 Å². The molecule has 3 atom stereocenters. The van der Waals surface area contributed by atoms with Gasteiger partial charge in [0.15, 0.2) is 46.0 Å². The SMILES string of the molecule is COc1ccc(CC(CCC2NCCc3cc(OC)c(OC)cc32)(CCC2NCCc3cc(OC)c(OC)cc32)CCC2NCCc3cc(OC)c(OC)cc32)cc1OC.Cl.Cl.Cl. The van der Waals surface area contributed by atoms with Crippen LogP contribution in [-0.2, 0) is 25.7 Å². The Hall–Kier alpha value is -3.97. The Labute approximate surface area is 393 Å². The first-order valence-corrected chi connectivity index (χ1v) is 21.4. The molecule has 0 bridgehead atoms. The maximum Gasteiger partial charge on any atom is 0.161 e. The lowest BCUT2D eigenvalue weighted by atomic mass is 9.68. The number of halogens is 3. The number of fused-ring (bicyclic) bond motifs is 3. The van der Waals surface area contributed by atoms with Crippen LogP contribution in [0.25, 0.3) is 0 Å². The van der Waals surface area contributed by atoms with E-state index in [0.29, 0.717) is 0 Å². The minimum atomic E-state index is -0.0961. The van der Waals surface area contributed by atoms with Crippen molar-refractivity contribution in [2.75, 3.05) is 76.5 Å². The molecule has 0 aliphatic carbocycles. The minimum Gasteiger partial charge on any atom is -0.493 e. The van der Waals surface area contributed by atoms with Crippen LogP contribution in [0.5, 0.6) is 46.0 Å². The van der Waals surface area contributed by atoms with Gasteiger partial charge >= 0.3 is 0 Å². The molecule has 0 radical (unpaired) electrons. The zero-order valence-electron chi connectivity index (χ0n) is 38.1. The van der Waals surface area contributed by atoms with Crippen LogP contribution >= 0.6 is 37.2 Å². The zero-order chi connectivity index (χ0) is 42.2. The summed E-state index contributed by atoms with van der Waals surface area (Å²) in [6.45, 7) is 2.74. The van der Waals surface area contributed by atoms with Crippen LogP contribution in [0, 0.1) is 5.41 Å². The van der Waals surface area contributed by atoms with Crippen LogP contribution in [0.1, 0.15) is 95.6 Å². The molecule has 3 aliphatic rings. The normalized spacial score (nSPS) is 18.3. The number of hydrogen-bond donors (Lipinski definition) is 3. The lowest BCUT2D eigenvalue weighted by molar-refractivity contribution is 0.171. The molecule has 0 aromatic heterocycles. The third-order valence-corrected chi connectivity index (χ3v) is 13.3. The zero-order valence-corrected chi connectivity index (χ0v) is 40.6. The fourth-order valence-corrected chi connectivity index (χ4v) is 10.1. The van der Waals surface area contributed by atoms with E-state index in [2.05, 4.69) is 70.5 Å². The molecule has 3 N–H and O–H groups in total. The predicted octanol–water partition coefficient (Wildman–Crippen LogP) is 9.55. The number of nitrogens with one attached hydrogen (secondary N) is 3. The van der Waals surface area contributed by atoms with Gasteiger partial charge in [-0.2, -0.15) is 0 Å². The molecule has 0 fully saturated rings. The average molecular weight is 933 g/mol. The lowest BCUT2D eigenvalue weighted by Gasteiger charge is -2.40. The van der Waals surface area contributed by atoms with Crippen molar-refractivity contribution < 1.29 is 37.9 Å². The van der Waals surface area contributed by atoms with Crippen LogP contribution < -0.4 is 53.8 Å². The molecule has 4 aromatic carbocycles. The van der Waals surface area contributed by atoms with Gasteiger partial charge in [-0.3, -0.25) is 0 Å². The number of methoxy groups -OCH3 is 8. The van der Waals surface area contributed by atoms with Crippen molar-refractivity contribution >= 4 is 37.2 Å². The Morgan fingerprint density at radius 3 is 1.03 bits per heavy atom. The summed E-state index contributed by atoms with van der Waals surface area (Å²) in [5, 5.41) is 11.7. The molecule has 0 amide bonds. The second-order valence-electron chi connectivity index (χ2n) is 16.5. The van der Waals surface area contributed by atoms with Gasteiger partial charge in [0.1, 0.15) is 0 Å². The van der Waals surface area contributed by atoms with Gasteiger partial charge < -0.3 is 53.8 Å². The van der Waals surface area contributed by atoms with E-state index >= 15 is 0 Å². The Bertz CT molecular complexity index is 1920. The van der Waals surface area contributed by atoms with Crippen molar-refractivity contribution in [3.8, 4) is 46.0 Å². The fourth-order valence-electron chi connectivity index (χ4n) is 10.1. The Balaban J connectivity index is 0.00000290. The smallest absolute Gasteiger partial charge is 0.161 e. The monoisotopic (exact) mass is 931 g/mol. The van der Waals surface area contributed by atoms with Gasteiger partial charge in [-0.1, -0.05) is 6.07 Å². The molecular weight excluding hydrogens is 865 g/mol. The van der Waals surface area contributed by atoms with Crippen LogP contribution in [0.4, 0.5) is 0 Å². The number of ether oxygens (including phenoxy) is 8. The number of hydrogen-bond acceptors (Lipinski definition) is 11. The summed E-state index contributed by atoms with van der Waals surface area (Å²) in [6.07, 6.45) is 9.65. The summed E-state index contributed by atoms with van der Waals surface area (Å²) in [5.41, 5.74) is 9.00. The van der Waals surface area contributed by atoms with Crippen LogP contribution in [0.3, 0.4) is 0 Å². The molecule has 11 nitrogen and oxygen atoms in total. The summed E-state index contributed by atoms with van der Waals surface area (Å²) in [4.78, 5) is 0. The van der Waals surface area contributed by atoms with E-state index in [0.717, 1.165) is 130 Å². The van der Waals surface area contributed by atoms with E-state index in [1.807, 2.05) is 0 Å². The minimum absolute atomic E-state index is 0. The first-order valence-electron chi connectivity index (χ1n) is 21.4. The Kier molecular flexibility index (Phi) is 19.5. The molecule has 3 aliphatic heterocycles. The predicted molar refractivity (Wildman–Crippen MR) is 257 cm³/mol. The van der Waals surface area contributed by atoms with E-state index in [-0.39, 0.29) is 60.8 Å². The third kappa shape index (κ3) is 11.5. The highest BCUT2D eigenvalue weighted by Gasteiger charge is 2.36. The number of benzene rings is 4. The first-order chi connectivity index (χ1) is 29.3. The molecule has 14 heteroatoms. The van der Waals surface area contributed by atoms with Crippen molar-refractivity contribution in [2.45, 2.75) is 82.3 Å². The van der Waals surface area contributed by atoms with Crippen molar-refractivity contribution in [3.63, 3.8) is 0 Å². The number of rotatable bonds is 19. The highest BCUT2D eigenvalue weighted by molar-refractivity contribution is 5.86. The standard InChI is InChI=1S/C49H65N3O8.3ClH/c1-53-41-10-9-31(23-42(41)54-2)30-49(17-11-38-35-27-46(58-6)43(55-3)24-32(35)14-20-50-38,18-12-39-36-28-47(59-7)44(56-4)25-33(36)15-21-51-39)19-13-40-37-29-48(60-8)45(57-5)26-34(37)16-22-52-40;;;/h9-10,23-29,38-40,50-52H,11-22,30H2,1-8H3;3*1H. The van der Waals surface area contributed by atoms with Gasteiger partial charge in [0.2, 0.25) is 0 Å². The van der Waals surface area contributed by atoms with Gasteiger partial charge in [0.25, 0.3) is 0 Å². The Morgan fingerprint density at radius 1 is 0.413 bits per heavy atom. The Morgan fingerprint density at radius 2 is 0.714 bits per heavy atom. The summed E-state index contributed by atoms with van der Waals surface area (Å²) >= 11 is 0. The van der Waals surface area contributed by atoms with Gasteiger partial charge in [0, 0.05) is 18.1 Å². The quantitative estimate of drug-likeness (QED) is 0.0837. The van der Waals surface area contributed by atoms with Crippen molar-refractivity contribution in [2.24, 2.45) is 5.41 Å². The molecule has 3 heterocycles. The summed E-state index contributed by atoms with van der Waals surface area (Å²) in [5.74, 6) is 6.13. The van der Waals surface area contributed by atoms with Crippen LogP contribution in [0.15, 0.2) is 54.6 Å². The first kappa shape index (κ1) is 51.7. The van der Waals surface area contributed by atoms with Gasteiger partial charge in [-0.05, 0) is 177 Å². The fraction of sp³-hybridized carbons (Fsp3) is 0.510. The van der Waals surface area contributed by atoms with Crippen LogP contribution in [0.2, 0.25) is 0 Å². The second-order valence-corrected chi connectivity index (χ2v) is 16.5. The van der Waals surface area contributed by atoms with E-state index < -0.39 is 0 Å². The van der Waals surface area contributed by atoms with E-state index in [9.17, 15) is 0 Å². The molecule has 3 unspecified atom stereocenters. The molecule has 0 saturated heterocycles. The lowest BCUT2D eigenvalue weighted by Crippen LogP contribution is -2.36. The molecule has 348 valence electrons. The summed E-state index contributed by atoms with van der Waals surface area (Å²) < 4.78 is 46.2. The molecule has 7 rings (SSSR count). The van der Waals surface area contributed by atoms with Crippen molar-refractivity contribution in [1.29, 1.82) is 0 Å². The van der Waals surface area contributed by atoms with E-state index in [4.69, 9.17) is 37.9 Å². The summed E-state index contributed by atoms with van der Waals surface area (Å²) in [6, 6.07) is 20.1. The van der Waals surface area contributed by atoms with E-state index in [1.165, 1.54) is 38.9 Å². The molecule has 63 heavy (non-hydrogen) atoms. The third-order valence-electron chi connectivity index (χ3n) is 13.3. The van der Waals surface area contributed by atoms with Crippen molar-refractivity contribution in [1.82, 2.24) is 16.0 Å². The molecular formula is C49H68Cl3N3O8. The second kappa shape index (κ2) is 23.8. The topological polar surface area (TPSA) is 110 Å². The van der Waals surface area contributed by atoms with Gasteiger partial charge in [-0.15, -0.1) is 37.2 Å². The maximum atomic E-state index is 5.87. The highest BCUT2D eigenvalue weighted by Crippen LogP contribution is 2.48. The van der Waals surface area contributed by atoms with Gasteiger partial charge in [-0.25, -0.2) is 0 Å². The molecule has 0 saturated carbocycles. The van der Waals surface area contributed by atoms with Gasteiger partial charge in [0.05, 0.1) is 56.9 Å². The molecule has 0 spiro atoms. The largest absolute Gasteiger partial charge is 0.493 e. The highest BCUT2D eigenvalue weighted by atomic mass is 35.5. The van der Waals surface area contributed by atoms with E-state index in [1.54, 1.807) is 56.9 Å². The average Bonchev–Trinajstić information content (AvgIpc) is 3.30. The summed E-state index contributed by atoms with van der Waals surface area (Å²) in [7, 11) is 13.7. The maximum absolute atomic E-state index is 5.87. The van der Waals surface area contributed by atoms with Crippen LogP contribution in [-0.4, -0.2) is 76.5 Å². The molecule has 4 aromatic rings.